The standard InChI is InChI=1S/C8H9ClO4/c1-8(12,7(10)11)4-5-2-3-6(9)13-5/h2-3,12H,4H2,1H3,(H,10,11). The lowest BCUT2D eigenvalue weighted by molar-refractivity contribution is -0.156. The van der Waals surface area contributed by atoms with Gasteiger partial charge in [-0.15, -0.1) is 0 Å². The van der Waals surface area contributed by atoms with Crippen molar-refractivity contribution >= 4 is 17.6 Å². The van der Waals surface area contributed by atoms with E-state index in [1.165, 1.54) is 19.1 Å². The van der Waals surface area contributed by atoms with Gasteiger partial charge < -0.3 is 14.6 Å². The number of aliphatic hydroxyl groups is 1. The van der Waals surface area contributed by atoms with Gasteiger partial charge in [-0.3, -0.25) is 0 Å². The molecule has 2 N–H and O–H groups in total. The summed E-state index contributed by atoms with van der Waals surface area (Å²) in [5, 5.41) is 18.1. The molecule has 13 heavy (non-hydrogen) atoms. The van der Waals surface area contributed by atoms with Crippen LogP contribution in [0.2, 0.25) is 5.22 Å². The van der Waals surface area contributed by atoms with Gasteiger partial charge in [0.05, 0.1) is 0 Å². The topological polar surface area (TPSA) is 70.7 Å². The first-order valence-corrected chi connectivity index (χ1v) is 3.99. The van der Waals surface area contributed by atoms with E-state index in [4.69, 9.17) is 21.1 Å². The summed E-state index contributed by atoms with van der Waals surface area (Å²) in [5.74, 6) is -0.947. The number of aliphatic carboxylic acids is 1. The summed E-state index contributed by atoms with van der Waals surface area (Å²) < 4.78 is 4.91. The lowest BCUT2D eigenvalue weighted by Gasteiger charge is -2.15. The predicted octanol–water partition coefficient (Wildman–Crippen LogP) is 1.31. The Morgan fingerprint density at radius 1 is 1.69 bits per heavy atom. The van der Waals surface area contributed by atoms with Crippen molar-refractivity contribution < 1.29 is 19.4 Å². The van der Waals surface area contributed by atoms with Crippen LogP contribution in [0.3, 0.4) is 0 Å². The Bertz CT molecular complexity index is 316. The summed E-state index contributed by atoms with van der Waals surface area (Å²) in [7, 11) is 0. The van der Waals surface area contributed by atoms with Crippen molar-refractivity contribution in [3.05, 3.63) is 23.1 Å². The van der Waals surface area contributed by atoms with Crippen LogP contribution >= 0.6 is 11.6 Å². The minimum atomic E-state index is -1.82. The number of halogens is 1. The molecule has 0 aliphatic heterocycles. The zero-order valence-corrected chi connectivity index (χ0v) is 7.71. The average molecular weight is 205 g/mol. The maximum absolute atomic E-state index is 10.5. The van der Waals surface area contributed by atoms with E-state index in [0.29, 0.717) is 5.76 Å². The van der Waals surface area contributed by atoms with Crippen molar-refractivity contribution in [3.8, 4) is 0 Å². The Morgan fingerprint density at radius 2 is 2.31 bits per heavy atom. The Kier molecular flexibility index (Phi) is 2.63. The second-order valence-corrected chi connectivity index (χ2v) is 3.33. The maximum atomic E-state index is 10.5. The van der Waals surface area contributed by atoms with Gasteiger partial charge >= 0.3 is 5.97 Å². The van der Waals surface area contributed by atoms with Crippen LogP contribution in [0.25, 0.3) is 0 Å². The van der Waals surface area contributed by atoms with E-state index in [1.807, 2.05) is 0 Å². The predicted molar refractivity (Wildman–Crippen MR) is 45.7 cm³/mol. The molecule has 0 aliphatic carbocycles. The van der Waals surface area contributed by atoms with E-state index in [1.54, 1.807) is 0 Å². The van der Waals surface area contributed by atoms with Crippen LogP contribution in [0.15, 0.2) is 16.5 Å². The van der Waals surface area contributed by atoms with Crippen molar-refractivity contribution in [1.82, 2.24) is 0 Å². The molecular weight excluding hydrogens is 196 g/mol. The second-order valence-electron chi connectivity index (χ2n) is 2.96. The smallest absolute Gasteiger partial charge is 0.335 e. The second kappa shape index (κ2) is 3.40. The monoisotopic (exact) mass is 204 g/mol. The van der Waals surface area contributed by atoms with Gasteiger partial charge in [0, 0.05) is 6.42 Å². The van der Waals surface area contributed by atoms with Crippen LogP contribution in [0, 0.1) is 0 Å². The lowest BCUT2D eigenvalue weighted by atomic mass is 10.0. The molecule has 1 aromatic rings. The molecule has 0 aromatic carbocycles. The van der Waals surface area contributed by atoms with Gasteiger partial charge in [0.15, 0.2) is 10.8 Å². The van der Waals surface area contributed by atoms with E-state index < -0.39 is 11.6 Å². The molecule has 5 heteroatoms. The fraction of sp³-hybridized carbons (Fsp3) is 0.375. The molecule has 1 rings (SSSR count). The summed E-state index contributed by atoms with van der Waals surface area (Å²) >= 11 is 5.47. The Balaban J connectivity index is 2.74. The van der Waals surface area contributed by atoms with Gasteiger partial charge in [0.2, 0.25) is 0 Å². The third kappa shape index (κ3) is 2.47. The summed E-state index contributed by atoms with van der Waals surface area (Å²) in [6.07, 6.45) is -0.102. The molecule has 0 saturated carbocycles. The van der Waals surface area contributed by atoms with Crippen LogP contribution in [-0.2, 0) is 11.2 Å². The van der Waals surface area contributed by atoms with Gasteiger partial charge in [-0.25, -0.2) is 4.79 Å². The Morgan fingerprint density at radius 3 is 2.69 bits per heavy atom. The first-order valence-electron chi connectivity index (χ1n) is 3.62. The van der Waals surface area contributed by atoms with E-state index >= 15 is 0 Å². The molecule has 1 aromatic heterocycles. The summed E-state index contributed by atoms with van der Waals surface area (Å²) in [6, 6.07) is 3.02. The molecule has 0 bridgehead atoms. The fourth-order valence-electron chi connectivity index (χ4n) is 0.862. The van der Waals surface area contributed by atoms with Crippen molar-refractivity contribution in [3.63, 3.8) is 0 Å². The molecular formula is C8H9ClO4. The highest BCUT2D eigenvalue weighted by Gasteiger charge is 2.31. The van der Waals surface area contributed by atoms with Gasteiger partial charge in [0.1, 0.15) is 5.76 Å². The normalized spacial score (nSPS) is 15.3. The Hall–Kier alpha value is -1.00. The summed E-state index contributed by atoms with van der Waals surface area (Å²) in [6.45, 7) is 1.20. The number of carboxylic acid groups (broad SMARTS) is 1. The highest BCUT2D eigenvalue weighted by molar-refractivity contribution is 6.28. The molecule has 0 aliphatic rings. The maximum Gasteiger partial charge on any atom is 0.335 e. The minimum Gasteiger partial charge on any atom is -0.479 e. The van der Waals surface area contributed by atoms with E-state index in [9.17, 15) is 9.90 Å². The first kappa shape index (κ1) is 10.1. The van der Waals surface area contributed by atoms with Gasteiger partial charge in [-0.1, -0.05) is 0 Å². The Labute approximate surface area is 79.7 Å². The fourth-order valence-corrected chi connectivity index (χ4v) is 1.02. The molecule has 0 fully saturated rings. The van der Waals surface area contributed by atoms with E-state index in [2.05, 4.69) is 0 Å². The molecule has 1 heterocycles. The van der Waals surface area contributed by atoms with Crippen molar-refractivity contribution in [2.75, 3.05) is 0 Å². The zero-order chi connectivity index (χ0) is 10.1. The summed E-state index contributed by atoms with van der Waals surface area (Å²) in [4.78, 5) is 10.5. The third-order valence-corrected chi connectivity index (χ3v) is 1.81. The van der Waals surface area contributed by atoms with Crippen LogP contribution in [0.1, 0.15) is 12.7 Å². The highest BCUT2D eigenvalue weighted by Crippen LogP contribution is 2.18. The van der Waals surface area contributed by atoms with Crippen LogP contribution in [0.4, 0.5) is 0 Å². The third-order valence-electron chi connectivity index (χ3n) is 1.61. The van der Waals surface area contributed by atoms with Crippen molar-refractivity contribution in [2.45, 2.75) is 18.9 Å². The van der Waals surface area contributed by atoms with Gasteiger partial charge in [0.25, 0.3) is 0 Å². The highest BCUT2D eigenvalue weighted by atomic mass is 35.5. The molecule has 0 spiro atoms. The van der Waals surface area contributed by atoms with E-state index in [0.717, 1.165) is 0 Å². The summed E-state index contributed by atoms with van der Waals surface area (Å²) in [5.41, 5.74) is -1.82. The molecule has 1 atom stereocenters. The van der Waals surface area contributed by atoms with Crippen LogP contribution in [0.5, 0.6) is 0 Å². The number of carboxylic acids is 1. The number of hydrogen-bond donors (Lipinski definition) is 2. The van der Waals surface area contributed by atoms with Crippen molar-refractivity contribution in [2.24, 2.45) is 0 Å². The SMILES string of the molecule is CC(O)(Cc1ccc(Cl)o1)C(=O)O. The van der Waals surface area contributed by atoms with E-state index in [-0.39, 0.29) is 11.6 Å². The molecule has 0 amide bonds. The largest absolute Gasteiger partial charge is 0.479 e. The average Bonchev–Trinajstić information content (AvgIpc) is 2.34. The number of carbonyl (C=O) groups is 1. The molecule has 4 nitrogen and oxygen atoms in total. The quantitative estimate of drug-likeness (QED) is 0.779. The zero-order valence-electron chi connectivity index (χ0n) is 6.95. The minimum absolute atomic E-state index is 0.102. The number of hydrogen-bond acceptors (Lipinski definition) is 3. The van der Waals surface area contributed by atoms with Crippen LogP contribution in [-0.4, -0.2) is 21.8 Å². The lowest BCUT2D eigenvalue weighted by Crippen LogP contribution is -2.36. The molecule has 72 valence electrons. The molecule has 1 unspecified atom stereocenters. The number of rotatable bonds is 3. The van der Waals surface area contributed by atoms with Gasteiger partial charge in [-0.05, 0) is 30.7 Å². The van der Waals surface area contributed by atoms with Crippen molar-refractivity contribution in [1.29, 1.82) is 0 Å². The first-order chi connectivity index (χ1) is 5.92. The molecule has 0 radical (unpaired) electrons. The molecule has 0 saturated heterocycles. The van der Waals surface area contributed by atoms with Gasteiger partial charge in [-0.2, -0.15) is 0 Å². The van der Waals surface area contributed by atoms with Crippen LogP contribution < -0.4 is 0 Å². The number of furan rings is 1.